The molecule has 8 nitrogen and oxygen atoms in total. The van der Waals surface area contributed by atoms with Crippen LogP contribution < -0.4 is 10.2 Å². The SMILES string of the molecule is Cc1cnc2c(S(=O)(=O)N3CCN(CC(=O)Nc4ccc(N5CCCC5)cc4)CC3)cccc2c1. The standard InChI is InChI=1S/C26H31N5O3S/c1-20-17-21-5-4-6-24(26(21)27-18-20)35(33,34)31-15-13-29(14-16-31)19-25(32)28-22-7-9-23(10-8-22)30-11-2-3-12-30/h4-10,17-18H,2-3,11-16,19H2,1H3,(H,28,32). The number of piperazine rings is 1. The van der Waals surface area contributed by atoms with Crippen LogP contribution in [0.4, 0.5) is 11.4 Å². The maximum absolute atomic E-state index is 13.4. The summed E-state index contributed by atoms with van der Waals surface area (Å²) in [7, 11) is -3.67. The van der Waals surface area contributed by atoms with Crippen LogP contribution in [-0.2, 0) is 14.8 Å². The highest BCUT2D eigenvalue weighted by atomic mass is 32.2. The summed E-state index contributed by atoms with van der Waals surface area (Å²) in [6.07, 6.45) is 4.15. The molecule has 2 aliphatic rings. The molecule has 9 heteroatoms. The number of hydrogen-bond donors (Lipinski definition) is 1. The Bertz CT molecular complexity index is 1310. The minimum absolute atomic E-state index is 0.0937. The lowest BCUT2D eigenvalue weighted by Gasteiger charge is -2.33. The van der Waals surface area contributed by atoms with E-state index in [0.717, 1.165) is 29.7 Å². The van der Waals surface area contributed by atoms with Crippen LogP contribution in [0, 0.1) is 6.92 Å². The Hall–Kier alpha value is -3.01. The van der Waals surface area contributed by atoms with Crippen LogP contribution in [-0.4, -0.2) is 74.3 Å². The number of nitrogens with zero attached hydrogens (tertiary/aromatic N) is 4. The maximum Gasteiger partial charge on any atom is 0.245 e. The number of aryl methyl sites for hydroxylation is 1. The van der Waals surface area contributed by atoms with Gasteiger partial charge in [0.15, 0.2) is 0 Å². The number of carbonyl (C=O) groups is 1. The van der Waals surface area contributed by atoms with Gasteiger partial charge in [0.2, 0.25) is 15.9 Å². The van der Waals surface area contributed by atoms with Crippen LogP contribution in [0.15, 0.2) is 59.6 Å². The third-order valence-corrected chi connectivity index (χ3v) is 8.68. The molecule has 2 aliphatic heterocycles. The molecule has 0 radical (unpaired) electrons. The minimum atomic E-state index is -3.67. The van der Waals surface area contributed by atoms with Crippen molar-refractivity contribution in [2.75, 3.05) is 56.0 Å². The summed E-state index contributed by atoms with van der Waals surface area (Å²) >= 11 is 0. The number of rotatable bonds is 6. The van der Waals surface area contributed by atoms with Crippen LogP contribution in [0.5, 0.6) is 0 Å². The number of fused-ring (bicyclic) bond motifs is 1. The molecule has 0 spiro atoms. The van der Waals surface area contributed by atoms with Crippen molar-refractivity contribution in [1.29, 1.82) is 0 Å². The van der Waals surface area contributed by atoms with E-state index in [1.165, 1.54) is 22.8 Å². The van der Waals surface area contributed by atoms with E-state index in [0.29, 0.717) is 31.7 Å². The number of para-hydroxylation sites is 1. The lowest BCUT2D eigenvalue weighted by molar-refractivity contribution is -0.117. The van der Waals surface area contributed by atoms with Gasteiger partial charge in [-0.3, -0.25) is 14.7 Å². The Kier molecular flexibility index (Phi) is 6.73. The number of aromatic nitrogens is 1. The lowest BCUT2D eigenvalue weighted by Crippen LogP contribution is -2.50. The second kappa shape index (κ2) is 9.93. The molecule has 1 aromatic heterocycles. The van der Waals surface area contributed by atoms with Gasteiger partial charge < -0.3 is 10.2 Å². The Morgan fingerprint density at radius 2 is 1.69 bits per heavy atom. The smallest absolute Gasteiger partial charge is 0.245 e. The van der Waals surface area contributed by atoms with E-state index in [1.807, 2.05) is 48.2 Å². The molecule has 0 unspecified atom stereocenters. The molecule has 0 bridgehead atoms. The molecule has 2 fully saturated rings. The number of amides is 1. The van der Waals surface area contributed by atoms with Crippen molar-refractivity contribution in [2.45, 2.75) is 24.7 Å². The summed E-state index contributed by atoms with van der Waals surface area (Å²) in [5, 5.41) is 3.77. The molecule has 3 heterocycles. The molecule has 5 rings (SSSR count). The first-order valence-corrected chi connectivity index (χ1v) is 13.6. The Labute approximate surface area is 206 Å². The first kappa shape index (κ1) is 23.7. The van der Waals surface area contributed by atoms with E-state index in [4.69, 9.17) is 0 Å². The molecular formula is C26H31N5O3S. The normalized spacial score (nSPS) is 17.7. The molecule has 0 atom stereocenters. The lowest BCUT2D eigenvalue weighted by atomic mass is 10.2. The van der Waals surface area contributed by atoms with Gasteiger partial charge in [0.1, 0.15) is 4.90 Å². The zero-order chi connectivity index (χ0) is 24.4. The van der Waals surface area contributed by atoms with E-state index in [2.05, 4.69) is 15.2 Å². The van der Waals surface area contributed by atoms with Crippen molar-refractivity contribution < 1.29 is 13.2 Å². The fourth-order valence-corrected chi connectivity index (χ4v) is 6.44. The van der Waals surface area contributed by atoms with Gasteiger partial charge >= 0.3 is 0 Å². The fraction of sp³-hybridized carbons (Fsp3) is 0.385. The van der Waals surface area contributed by atoms with Gasteiger partial charge in [-0.15, -0.1) is 0 Å². The molecule has 3 aromatic rings. The molecule has 184 valence electrons. The van der Waals surface area contributed by atoms with Crippen molar-refractivity contribution in [2.24, 2.45) is 0 Å². The summed E-state index contributed by atoms with van der Waals surface area (Å²) in [4.78, 5) is 21.6. The van der Waals surface area contributed by atoms with Gasteiger partial charge in [0.25, 0.3) is 0 Å². The molecule has 35 heavy (non-hydrogen) atoms. The predicted octanol–water partition coefficient (Wildman–Crippen LogP) is 3.09. The first-order chi connectivity index (χ1) is 16.9. The number of sulfonamides is 1. The van der Waals surface area contributed by atoms with Crippen molar-refractivity contribution >= 4 is 38.2 Å². The van der Waals surface area contributed by atoms with E-state index >= 15 is 0 Å². The second-order valence-electron chi connectivity index (χ2n) is 9.31. The zero-order valence-corrected chi connectivity index (χ0v) is 20.8. The number of anilines is 2. The molecule has 2 saturated heterocycles. The van der Waals surface area contributed by atoms with Crippen molar-refractivity contribution in [1.82, 2.24) is 14.2 Å². The summed E-state index contributed by atoms with van der Waals surface area (Å²) in [5.41, 5.74) is 3.45. The largest absolute Gasteiger partial charge is 0.372 e. The van der Waals surface area contributed by atoms with Crippen molar-refractivity contribution in [3.05, 3.63) is 60.3 Å². The Balaban J connectivity index is 1.17. The number of pyridine rings is 1. The van der Waals surface area contributed by atoms with Gasteiger partial charge in [-0.25, -0.2) is 8.42 Å². The number of benzene rings is 2. The molecule has 0 aliphatic carbocycles. The summed E-state index contributed by atoms with van der Waals surface area (Å²) < 4.78 is 28.2. The Morgan fingerprint density at radius 1 is 0.971 bits per heavy atom. The minimum Gasteiger partial charge on any atom is -0.372 e. The van der Waals surface area contributed by atoms with E-state index in [-0.39, 0.29) is 17.3 Å². The van der Waals surface area contributed by atoms with E-state index < -0.39 is 10.0 Å². The second-order valence-corrected chi connectivity index (χ2v) is 11.2. The first-order valence-electron chi connectivity index (χ1n) is 12.1. The summed E-state index contributed by atoms with van der Waals surface area (Å²) in [6, 6.07) is 15.2. The quantitative estimate of drug-likeness (QED) is 0.568. The average molecular weight is 494 g/mol. The molecule has 2 aromatic carbocycles. The highest BCUT2D eigenvalue weighted by molar-refractivity contribution is 7.89. The highest BCUT2D eigenvalue weighted by Gasteiger charge is 2.30. The molecule has 1 N–H and O–H groups in total. The number of nitrogens with one attached hydrogen (secondary N) is 1. The van der Waals surface area contributed by atoms with Gasteiger partial charge in [0, 0.05) is 62.2 Å². The topological polar surface area (TPSA) is 85.9 Å². The van der Waals surface area contributed by atoms with Crippen LogP contribution in [0.1, 0.15) is 18.4 Å². The third-order valence-electron chi connectivity index (χ3n) is 6.75. The van der Waals surface area contributed by atoms with Gasteiger partial charge in [-0.05, 0) is 61.7 Å². The Morgan fingerprint density at radius 3 is 2.40 bits per heavy atom. The fourth-order valence-electron chi connectivity index (χ4n) is 4.85. The van der Waals surface area contributed by atoms with Crippen LogP contribution in [0.3, 0.4) is 0 Å². The van der Waals surface area contributed by atoms with Gasteiger partial charge in [-0.2, -0.15) is 4.31 Å². The zero-order valence-electron chi connectivity index (χ0n) is 20.0. The number of carbonyl (C=O) groups excluding carboxylic acids is 1. The summed E-state index contributed by atoms with van der Waals surface area (Å²) in [6.45, 7) is 6.01. The average Bonchev–Trinajstić information content (AvgIpc) is 3.39. The summed E-state index contributed by atoms with van der Waals surface area (Å²) in [5.74, 6) is -0.0937. The van der Waals surface area contributed by atoms with Crippen molar-refractivity contribution in [3.8, 4) is 0 Å². The van der Waals surface area contributed by atoms with E-state index in [9.17, 15) is 13.2 Å². The maximum atomic E-state index is 13.4. The molecule has 0 saturated carbocycles. The third kappa shape index (κ3) is 5.17. The van der Waals surface area contributed by atoms with E-state index in [1.54, 1.807) is 18.3 Å². The highest BCUT2D eigenvalue weighted by Crippen LogP contribution is 2.26. The molecular weight excluding hydrogens is 462 g/mol. The van der Waals surface area contributed by atoms with Crippen LogP contribution in [0.2, 0.25) is 0 Å². The van der Waals surface area contributed by atoms with Crippen molar-refractivity contribution in [3.63, 3.8) is 0 Å². The van der Waals surface area contributed by atoms with Crippen LogP contribution >= 0.6 is 0 Å². The molecule has 1 amide bonds. The predicted molar refractivity (Wildman–Crippen MR) is 138 cm³/mol. The monoisotopic (exact) mass is 493 g/mol. The van der Waals surface area contributed by atoms with Gasteiger partial charge in [0.05, 0.1) is 12.1 Å². The van der Waals surface area contributed by atoms with Gasteiger partial charge in [-0.1, -0.05) is 12.1 Å². The number of hydrogen-bond acceptors (Lipinski definition) is 6. The van der Waals surface area contributed by atoms with Crippen LogP contribution in [0.25, 0.3) is 10.9 Å².